The molecule has 0 aromatic heterocycles. The average Bonchev–Trinajstić information content (AvgIpc) is 2.65. The lowest BCUT2D eigenvalue weighted by Crippen LogP contribution is -2.60. The quantitative estimate of drug-likeness (QED) is 0.815. The van der Waals surface area contributed by atoms with Crippen molar-refractivity contribution >= 4 is 0 Å². The zero-order chi connectivity index (χ0) is 12.5. The zero-order valence-electron chi connectivity index (χ0n) is 12.0. The van der Waals surface area contributed by atoms with Crippen molar-refractivity contribution in [3.8, 4) is 0 Å². The summed E-state index contributed by atoms with van der Waals surface area (Å²) in [5.74, 6) is 1.39. The Balaban J connectivity index is 2.04. The summed E-state index contributed by atoms with van der Waals surface area (Å²) in [5.41, 5.74) is 0.185. The maximum absolute atomic E-state index is 6.56. The highest BCUT2D eigenvalue weighted by atomic mass is 16.5. The molecule has 1 heterocycles. The third kappa shape index (κ3) is 3.03. The molecule has 2 rings (SSSR count). The van der Waals surface area contributed by atoms with Crippen LogP contribution in [-0.2, 0) is 4.74 Å². The van der Waals surface area contributed by atoms with Crippen LogP contribution in [0.3, 0.4) is 0 Å². The third-order valence-corrected chi connectivity index (χ3v) is 4.40. The molecule has 1 N–H and O–H groups in total. The molecule has 2 unspecified atom stereocenters. The maximum atomic E-state index is 6.56. The number of ether oxygens (including phenoxy) is 1. The highest BCUT2D eigenvalue weighted by molar-refractivity contribution is 4.97. The van der Waals surface area contributed by atoms with E-state index in [1.54, 1.807) is 0 Å². The smallest absolute Gasteiger partial charge is 0.0810 e. The number of rotatable bonds is 3. The van der Waals surface area contributed by atoms with Crippen molar-refractivity contribution in [2.45, 2.75) is 77.5 Å². The van der Waals surface area contributed by atoms with Gasteiger partial charge in [-0.1, -0.05) is 40.5 Å². The summed E-state index contributed by atoms with van der Waals surface area (Å²) in [4.78, 5) is 0. The first-order valence-electron chi connectivity index (χ1n) is 7.44. The molecular formula is C15H29NO. The normalized spacial score (nSPS) is 32.8. The summed E-state index contributed by atoms with van der Waals surface area (Å²) in [7, 11) is 0. The van der Waals surface area contributed by atoms with Gasteiger partial charge in [0.15, 0.2) is 0 Å². The molecule has 2 aliphatic rings. The number of morpholine rings is 1. The molecule has 0 aromatic rings. The molecule has 1 saturated carbocycles. The van der Waals surface area contributed by atoms with Gasteiger partial charge in [0, 0.05) is 12.6 Å². The van der Waals surface area contributed by atoms with E-state index in [9.17, 15) is 0 Å². The monoisotopic (exact) mass is 239 g/mol. The van der Waals surface area contributed by atoms with Gasteiger partial charge in [-0.05, 0) is 31.1 Å². The Kier molecular flexibility index (Phi) is 4.14. The molecule has 1 spiro atoms. The molecule has 0 aromatic carbocycles. The average molecular weight is 239 g/mol. The van der Waals surface area contributed by atoms with Crippen LogP contribution in [0.2, 0.25) is 0 Å². The van der Waals surface area contributed by atoms with Crippen molar-refractivity contribution in [1.29, 1.82) is 0 Å². The first-order valence-corrected chi connectivity index (χ1v) is 7.44. The SMILES string of the molecule is CC(C)CC1OC2(CCCC2)CNC1C(C)C. The predicted octanol–water partition coefficient (Wildman–Crippen LogP) is 3.36. The van der Waals surface area contributed by atoms with Crippen molar-refractivity contribution in [2.24, 2.45) is 11.8 Å². The molecular weight excluding hydrogens is 210 g/mol. The summed E-state index contributed by atoms with van der Waals surface area (Å²) in [6.45, 7) is 10.3. The third-order valence-electron chi connectivity index (χ3n) is 4.40. The Bertz CT molecular complexity index is 243. The predicted molar refractivity (Wildman–Crippen MR) is 72.2 cm³/mol. The highest BCUT2D eigenvalue weighted by Crippen LogP contribution is 2.38. The second-order valence-electron chi connectivity index (χ2n) is 6.83. The summed E-state index contributed by atoms with van der Waals surface area (Å²) in [6.07, 6.45) is 6.84. The summed E-state index contributed by atoms with van der Waals surface area (Å²) < 4.78 is 6.56. The largest absolute Gasteiger partial charge is 0.369 e. The zero-order valence-corrected chi connectivity index (χ0v) is 12.0. The van der Waals surface area contributed by atoms with Crippen LogP contribution in [0, 0.1) is 11.8 Å². The minimum Gasteiger partial charge on any atom is -0.369 e. The van der Waals surface area contributed by atoms with Gasteiger partial charge in [-0.15, -0.1) is 0 Å². The van der Waals surface area contributed by atoms with Gasteiger partial charge in [0.1, 0.15) is 0 Å². The lowest BCUT2D eigenvalue weighted by molar-refractivity contribution is -0.143. The van der Waals surface area contributed by atoms with E-state index in [4.69, 9.17) is 4.74 Å². The van der Waals surface area contributed by atoms with E-state index >= 15 is 0 Å². The van der Waals surface area contributed by atoms with Crippen LogP contribution in [-0.4, -0.2) is 24.3 Å². The Morgan fingerprint density at radius 2 is 1.82 bits per heavy atom. The lowest BCUT2D eigenvalue weighted by Gasteiger charge is -2.46. The van der Waals surface area contributed by atoms with Crippen molar-refractivity contribution in [3.63, 3.8) is 0 Å². The van der Waals surface area contributed by atoms with Gasteiger partial charge in [0.25, 0.3) is 0 Å². The van der Waals surface area contributed by atoms with Crippen molar-refractivity contribution in [1.82, 2.24) is 5.32 Å². The molecule has 2 heteroatoms. The van der Waals surface area contributed by atoms with Crippen LogP contribution in [0.5, 0.6) is 0 Å². The fraction of sp³-hybridized carbons (Fsp3) is 1.00. The lowest BCUT2D eigenvalue weighted by atomic mass is 9.87. The molecule has 2 atom stereocenters. The number of hydrogen-bond donors (Lipinski definition) is 1. The second kappa shape index (κ2) is 5.27. The maximum Gasteiger partial charge on any atom is 0.0810 e. The molecule has 2 nitrogen and oxygen atoms in total. The minimum atomic E-state index is 0.185. The van der Waals surface area contributed by atoms with Gasteiger partial charge in [0.05, 0.1) is 11.7 Å². The van der Waals surface area contributed by atoms with E-state index in [1.807, 2.05) is 0 Å². The molecule has 2 fully saturated rings. The molecule has 0 bridgehead atoms. The molecule has 0 radical (unpaired) electrons. The Hall–Kier alpha value is -0.0800. The van der Waals surface area contributed by atoms with E-state index in [0.29, 0.717) is 18.1 Å². The van der Waals surface area contributed by atoms with Crippen LogP contribution in [0.4, 0.5) is 0 Å². The Morgan fingerprint density at radius 1 is 1.18 bits per heavy atom. The molecule has 1 saturated heterocycles. The van der Waals surface area contributed by atoms with Gasteiger partial charge >= 0.3 is 0 Å². The first-order chi connectivity index (χ1) is 8.02. The van der Waals surface area contributed by atoms with Crippen LogP contribution in [0.15, 0.2) is 0 Å². The van der Waals surface area contributed by atoms with E-state index in [1.165, 1.54) is 32.1 Å². The fourth-order valence-electron chi connectivity index (χ4n) is 3.51. The van der Waals surface area contributed by atoms with E-state index in [-0.39, 0.29) is 5.60 Å². The van der Waals surface area contributed by atoms with Crippen molar-refractivity contribution in [2.75, 3.05) is 6.54 Å². The molecule has 100 valence electrons. The van der Waals surface area contributed by atoms with Gasteiger partial charge in [0.2, 0.25) is 0 Å². The standard InChI is InChI=1S/C15H29NO/c1-11(2)9-13-14(12(3)4)16-10-15(17-13)7-5-6-8-15/h11-14,16H,5-10H2,1-4H3. The van der Waals surface area contributed by atoms with Crippen molar-refractivity contribution < 1.29 is 4.74 Å². The minimum absolute atomic E-state index is 0.185. The van der Waals surface area contributed by atoms with Crippen molar-refractivity contribution in [3.05, 3.63) is 0 Å². The van der Waals surface area contributed by atoms with E-state index < -0.39 is 0 Å². The number of nitrogens with one attached hydrogen (secondary N) is 1. The molecule has 1 aliphatic carbocycles. The topological polar surface area (TPSA) is 21.3 Å². The van der Waals surface area contributed by atoms with Gasteiger partial charge in [-0.25, -0.2) is 0 Å². The van der Waals surface area contributed by atoms with Gasteiger partial charge in [-0.3, -0.25) is 0 Å². The number of hydrogen-bond acceptors (Lipinski definition) is 2. The second-order valence-corrected chi connectivity index (χ2v) is 6.83. The first kappa shape index (κ1) is 13.4. The summed E-state index contributed by atoms with van der Waals surface area (Å²) in [6, 6.07) is 0.545. The van der Waals surface area contributed by atoms with Crippen LogP contribution < -0.4 is 5.32 Å². The van der Waals surface area contributed by atoms with E-state index in [2.05, 4.69) is 33.0 Å². The molecule has 17 heavy (non-hydrogen) atoms. The molecule has 1 aliphatic heterocycles. The van der Waals surface area contributed by atoms with Gasteiger partial charge < -0.3 is 10.1 Å². The summed E-state index contributed by atoms with van der Waals surface area (Å²) in [5, 5.41) is 3.78. The van der Waals surface area contributed by atoms with Crippen LogP contribution >= 0.6 is 0 Å². The van der Waals surface area contributed by atoms with Crippen LogP contribution in [0.25, 0.3) is 0 Å². The Labute approximate surface area is 107 Å². The van der Waals surface area contributed by atoms with Crippen LogP contribution in [0.1, 0.15) is 59.8 Å². The fourth-order valence-corrected chi connectivity index (χ4v) is 3.51. The Morgan fingerprint density at radius 3 is 2.35 bits per heavy atom. The van der Waals surface area contributed by atoms with E-state index in [0.717, 1.165) is 12.5 Å². The van der Waals surface area contributed by atoms with Gasteiger partial charge in [-0.2, -0.15) is 0 Å². The molecule has 0 amide bonds. The highest BCUT2D eigenvalue weighted by Gasteiger charge is 2.43. The summed E-state index contributed by atoms with van der Waals surface area (Å²) >= 11 is 0.